The van der Waals surface area contributed by atoms with E-state index in [1.165, 1.54) is 38.2 Å². The zero-order valence-corrected chi connectivity index (χ0v) is 19.5. The van der Waals surface area contributed by atoms with Crippen molar-refractivity contribution in [3.8, 4) is 16.8 Å². The maximum atomic E-state index is 5.13. The number of imidazole rings is 1. The van der Waals surface area contributed by atoms with Crippen LogP contribution < -0.4 is 0 Å². The third kappa shape index (κ3) is 2.54. The molecular weight excluding hydrogens is 438 g/mol. The summed E-state index contributed by atoms with van der Waals surface area (Å²) in [7, 11) is 0. The summed E-state index contributed by atoms with van der Waals surface area (Å²) in [6.07, 6.45) is 0. The zero-order valence-electron chi connectivity index (χ0n) is 19.5. The van der Waals surface area contributed by atoms with Crippen molar-refractivity contribution in [2.45, 2.75) is 0 Å². The Kier molecular flexibility index (Phi) is 3.94. The summed E-state index contributed by atoms with van der Waals surface area (Å²) >= 11 is 0. The second kappa shape index (κ2) is 7.30. The van der Waals surface area contributed by atoms with Crippen LogP contribution in [-0.4, -0.2) is 14.0 Å². The first-order valence-electron chi connectivity index (χ1n) is 12.3. The van der Waals surface area contributed by atoms with Gasteiger partial charge in [-0.05, 0) is 35.2 Å². The van der Waals surface area contributed by atoms with E-state index in [1.807, 2.05) is 0 Å². The molecule has 0 aliphatic carbocycles. The lowest BCUT2D eigenvalue weighted by molar-refractivity contribution is 1.12. The molecule has 3 heteroatoms. The Labute approximate surface area is 207 Å². The molecule has 3 heterocycles. The highest BCUT2D eigenvalue weighted by atomic mass is 15.1. The molecule has 0 unspecified atom stereocenters. The van der Waals surface area contributed by atoms with Crippen molar-refractivity contribution in [3.05, 3.63) is 127 Å². The smallest absolute Gasteiger partial charge is 0.147 e. The lowest BCUT2D eigenvalue weighted by atomic mass is 10.0. The van der Waals surface area contributed by atoms with Crippen LogP contribution in [0.5, 0.6) is 0 Å². The number of aromatic nitrogens is 3. The van der Waals surface area contributed by atoms with E-state index in [9.17, 15) is 0 Å². The molecule has 8 aromatic rings. The number of fused-ring (bicyclic) bond motifs is 10. The van der Waals surface area contributed by atoms with Crippen molar-refractivity contribution in [1.82, 2.24) is 14.0 Å². The minimum absolute atomic E-state index is 0.987. The van der Waals surface area contributed by atoms with Crippen molar-refractivity contribution >= 4 is 49.4 Å². The Morgan fingerprint density at radius 3 is 2.00 bits per heavy atom. The number of para-hydroxylation sites is 4. The molecule has 5 aromatic carbocycles. The summed E-state index contributed by atoms with van der Waals surface area (Å²) in [6, 6.07) is 45.2. The van der Waals surface area contributed by atoms with E-state index in [4.69, 9.17) is 4.98 Å². The normalized spacial score (nSPS) is 11.9. The van der Waals surface area contributed by atoms with Crippen LogP contribution in [0.4, 0.5) is 0 Å². The topological polar surface area (TPSA) is 22.2 Å². The van der Waals surface area contributed by atoms with Gasteiger partial charge < -0.3 is 0 Å². The quantitative estimate of drug-likeness (QED) is 0.254. The first kappa shape index (κ1) is 19.4. The minimum Gasteiger partial charge on any atom is -0.294 e. The van der Waals surface area contributed by atoms with Crippen LogP contribution in [-0.2, 0) is 0 Å². The zero-order chi connectivity index (χ0) is 23.6. The molecule has 168 valence electrons. The predicted octanol–water partition coefficient (Wildman–Crippen LogP) is 8.40. The fourth-order valence-corrected chi connectivity index (χ4v) is 5.80. The van der Waals surface area contributed by atoms with Gasteiger partial charge in [0, 0.05) is 21.7 Å². The molecular formula is C33H21N3. The Bertz CT molecular complexity index is 2100. The SMILES string of the molecule is c1ccc(-c2ccccc2-n2c3ccccc3c3c4ccccc4c4nc5ccccc5n4c32)cc1. The molecule has 0 atom stereocenters. The minimum atomic E-state index is 0.987. The predicted molar refractivity (Wildman–Crippen MR) is 150 cm³/mol. The number of benzene rings is 5. The summed E-state index contributed by atoms with van der Waals surface area (Å²) in [5, 5.41) is 4.88. The third-order valence-corrected chi connectivity index (χ3v) is 7.29. The van der Waals surface area contributed by atoms with Crippen LogP contribution >= 0.6 is 0 Å². The first-order valence-corrected chi connectivity index (χ1v) is 12.3. The largest absolute Gasteiger partial charge is 0.294 e. The summed E-state index contributed by atoms with van der Waals surface area (Å²) in [5.41, 5.74) is 8.99. The third-order valence-electron chi connectivity index (χ3n) is 7.29. The fourth-order valence-electron chi connectivity index (χ4n) is 5.80. The lowest BCUT2D eigenvalue weighted by Gasteiger charge is -2.15. The van der Waals surface area contributed by atoms with Crippen molar-refractivity contribution in [2.75, 3.05) is 0 Å². The number of nitrogens with zero attached hydrogens (tertiary/aromatic N) is 3. The molecule has 3 aromatic heterocycles. The number of rotatable bonds is 2. The molecule has 0 amide bonds. The van der Waals surface area contributed by atoms with Gasteiger partial charge in [-0.1, -0.05) is 103 Å². The Morgan fingerprint density at radius 2 is 1.14 bits per heavy atom. The summed E-state index contributed by atoms with van der Waals surface area (Å²) < 4.78 is 4.79. The van der Waals surface area contributed by atoms with Gasteiger partial charge in [0.15, 0.2) is 0 Å². The Morgan fingerprint density at radius 1 is 0.500 bits per heavy atom. The maximum absolute atomic E-state index is 5.13. The van der Waals surface area contributed by atoms with Crippen molar-refractivity contribution in [2.24, 2.45) is 0 Å². The molecule has 0 spiro atoms. The maximum Gasteiger partial charge on any atom is 0.147 e. The highest BCUT2D eigenvalue weighted by molar-refractivity contribution is 6.24. The van der Waals surface area contributed by atoms with Crippen molar-refractivity contribution in [3.63, 3.8) is 0 Å². The Balaban J connectivity index is 1.69. The van der Waals surface area contributed by atoms with Crippen LogP contribution in [0.15, 0.2) is 127 Å². The van der Waals surface area contributed by atoms with Crippen molar-refractivity contribution in [1.29, 1.82) is 0 Å². The molecule has 8 rings (SSSR count). The second-order valence-electron chi connectivity index (χ2n) is 9.24. The molecule has 0 saturated carbocycles. The average molecular weight is 460 g/mol. The van der Waals surface area contributed by atoms with Gasteiger partial charge >= 0.3 is 0 Å². The van der Waals surface area contributed by atoms with Crippen LogP contribution in [0.25, 0.3) is 66.2 Å². The van der Waals surface area contributed by atoms with Gasteiger partial charge in [-0.2, -0.15) is 0 Å². The summed E-state index contributed by atoms with van der Waals surface area (Å²) in [6.45, 7) is 0. The number of pyridine rings is 1. The Hall–Kier alpha value is -4.89. The molecule has 0 N–H and O–H groups in total. The van der Waals surface area contributed by atoms with Gasteiger partial charge in [0.1, 0.15) is 11.3 Å². The van der Waals surface area contributed by atoms with Gasteiger partial charge in [-0.15, -0.1) is 0 Å². The monoisotopic (exact) mass is 459 g/mol. The lowest BCUT2D eigenvalue weighted by Crippen LogP contribution is -2.01. The second-order valence-corrected chi connectivity index (χ2v) is 9.24. The molecule has 0 radical (unpaired) electrons. The van der Waals surface area contributed by atoms with Gasteiger partial charge in [0.2, 0.25) is 0 Å². The summed E-state index contributed by atoms with van der Waals surface area (Å²) in [5.74, 6) is 0. The van der Waals surface area contributed by atoms with Gasteiger partial charge in [-0.3, -0.25) is 8.97 Å². The van der Waals surface area contributed by atoms with E-state index in [2.05, 4.69) is 136 Å². The van der Waals surface area contributed by atoms with E-state index in [-0.39, 0.29) is 0 Å². The molecule has 36 heavy (non-hydrogen) atoms. The van der Waals surface area contributed by atoms with E-state index in [1.54, 1.807) is 0 Å². The molecule has 0 fully saturated rings. The summed E-state index contributed by atoms with van der Waals surface area (Å²) in [4.78, 5) is 5.13. The van der Waals surface area contributed by atoms with Crippen molar-refractivity contribution < 1.29 is 0 Å². The van der Waals surface area contributed by atoms with Crippen LogP contribution in [0.3, 0.4) is 0 Å². The van der Waals surface area contributed by atoms with Gasteiger partial charge in [-0.25, -0.2) is 4.98 Å². The number of hydrogen-bond donors (Lipinski definition) is 0. The van der Waals surface area contributed by atoms with E-state index < -0.39 is 0 Å². The van der Waals surface area contributed by atoms with Gasteiger partial charge in [0.25, 0.3) is 0 Å². The number of hydrogen-bond acceptors (Lipinski definition) is 1. The highest BCUT2D eigenvalue weighted by Crippen LogP contribution is 2.41. The highest BCUT2D eigenvalue weighted by Gasteiger charge is 2.22. The molecule has 3 nitrogen and oxygen atoms in total. The molecule has 0 aliphatic rings. The van der Waals surface area contributed by atoms with Crippen LogP contribution in [0, 0.1) is 0 Å². The first-order chi connectivity index (χ1) is 17.9. The average Bonchev–Trinajstić information content (AvgIpc) is 3.50. The van der Waals surface area contributed by atoms with Crippen LogP contribution in [0.1, 0.15) is 0 Å². The fraction of sp³-hybridized carbons (Fsp3) is 0. The molecule has 0 saturated heterocycles. The van der Waals surface area contributed by atoms with E-state index in [0.29, 0.717) is 0 Å². The molecule has 0 aliphatic heterocycles. The molecule has 0 bridgehead atoms. The standard InChI is InChI=1S/C33H21N3/c1-2-12-22(13-3-1)23-14-6-9-19-28(23)35-29-20-10-7-17-26(29)31-24-15-4-5-16-25(24)32-34-27-18-8-11-21-30(27)36(32)33(31)35/h1-21H. The van der Waals surface area contributed by atoms with E-state index in [0.717, 1.165) is 28.0 Å². The van der Waals surface area contributed by atoms with Gasteiger partial charge in [0.05, 0.1) is 22.2 Å². The van der Waals surface area contributed by atoms with E-state index >= 15 is 0 Å². The van der Waals surface area contributed by atoms with Crippen LogP contribution in [0.2, 0.25) is 0 Å².